The standard InChI is InChI=1S/C17H21N3O3/c1-2-3-10-20(11-16-18-8-9-19-16)17(21)15-12-22-13-6-4-5-7-14(13)23-15/h4-9,15H,2-3,10-12H2,1H3,(H,18,19)/t15-/m0/s1. The number of aromatic nitrogens is 2. The number of nitrogens with one attached hydrogen (secondary N) is 1. The summed E-state index contributed by atoms with van der Waals surface area (Å²) < 4.78 is 11.5. The van der Waals surface area contributed by atoms with Crippen molar-refractivity contribution in [1.29, 1.82) is 0 Å². The number of carbonyl (C=O) groups excluding carboxylic acids is 1. The SMILES string of the molecule is CCCCN(Cc1ncc[nH]1)C(=O)[C@@H]1COc2ccccc2O1. The summed E-state index contributed by atoms with van der Waals surface area (Å²) in [6.45, 7) is 3.47. The summed E-state index contributed by atoms with van der Waals surface area (Å²) in [5.74, 6) is 2.00. The summed E-state index contributed by atoms with van der Waals surface area (Å²) in [6, 6.07) is 7.41. The number of hydrogen-bond acceptors (Lipinski definition) is 4. The first-order valence-corrected chi connectivity index (χ1v) is 7.93. The van der Waals surface area contributed by atoms with E-state index < -0.39 is 6.10 Å². The van der Waals surface area contributed by atoms with Crippen molar-refractivity contribution in [3.63, 3.8) is 0 Å². The van der Waals surface area contributed by atoms with Crippen LogP contribution in [-0.2, 0) is 11.3 Å². The van der Waals surface area contributed by atoms with Crippen LogP contribution in [-0.4, -0.2) is 40.0 Å². The lowest BCUT2D eigenvalue weighted by molar-refractivity contribution is -0.142. The Labute approximate surface area is 135 Å². The minimum absolute atomic E-state index is 0.0654. The summed E-state index contributed by atoms with van der Waals surface area (Å²) in [6.07, 6.45) is 4.79. The van der Waals surface area contributed by atoms with Gasteiger partial charge in [-0.1, -0.05) is 25.5 Å². The van der Waals surface area contributed by atoms with Crippen molar-refractivity contribution in [3.05, 3.63) is 42.5 Å². The van der Waals surface area contributed by atoms with Crippen molar-refractivity contribution < 1.29 is 14.3 Å². The fraction of sp³-hybridized carbons (Fsp3) is 0.412. The number of amides is 1. The first-order chi connectivity index (χ1) is 11.3. The summed E-state index contributed by atoms with van der Waals surface area (Å²) in [5.41, 5.74) is 0. The molecule has 6 heteroatoms. The zero-order valence-corrected chi connectivity index (χ0v) is 13.2. The van der Waals surface area contributed by atoms with Crippen molar-refractivity contribution in [2.45, 2.75) is 32.4 Å². The van der Waals surface area contributed by atoms with Gasteiger partial charge < -0.3 is 19.4 Å². The summed E-state index contributed by atoms with van der Waals surface area (Å²) in [4.78, 5) is 21.8. The van der Waals surface area contributed by atoms with E-state index in [1.54, 1.807) is 17.3 Å². The van der Waals surface area contributed by atoms with E-state index in [9.17, 15) is 4.79 Å². The van der Waals surface area contributed by atoms with Gasteiger partial charge in [-0.05, 0) is 18.6 Å². The maximum atomic E-state index is 12.8. The molecule has 0 fully saturated rings. The number of fused-ring (bicyclic) bond motifs is 1. The lowest BCUT2D eigenvalue weighted by Crippen LogP contribution is -2.46. The Morgan fingerprint density at radius 3 is 2.96 bits per heavy atom. The Morgan fingerprint density at radius 1 is 1.39 bits per heavy atom. The number of benzene rings is 1. The maximum absolute atomic E-state index is 12.8. The average molecular weight is 315 g/mol. The summed E-state index contributed by atoms with van der Waals surface area (Å²) in [5, 5.41) is 0. The molecular formula is C17H21N3O3. The van der Waals surface area contributed by atoms with Crippen LogP contribution in [0, 0.1) is 0 Å². The number of hydrogen-bond donors (Lipinski definition) is 1. The molecule has 3 rings (SSSR count). The molecule has 0 unspecified atom stereocenters. The van der Waals surface area contributed by atoms with E-state index in [4.69, 9.17) is 9.47 Å². The van der Waals surface area contributed by atoms with E-state index in [1.165, 1.54) is 0 Å². The summed E-state index contributed by atoms with van der Waals surface area (Å²) in [7, 11) is 0. The zero-order valence-electron chi connectivity index (χ0n) is 13.2. The number of carbonyl (C=O) groups is 1. The first kappa shape index (κ1) is 15.4. The molecule has 0 aliphatic carbocycles. The van der Waals surface area contributed by atoms with Crippen LogP contribution in [0.1, 0.15) is 25.6 Å². The molecule has 23 heavy (non-hydrogen) atoms. The molecule has 6 nitrogen and oxygen atoms in total. The van der Waals surface area contributed by atoms with E-state index in [1.807, 2.05) is 24.3 Å². The zero-order chi connectivity index (χ0) is 16.1. The number of rotatable bonds is 6. The molecule has 1 aliphatic heterocycles. The van der Waals surface area contributed by atoms with Crippen molar-refractivity contribution in [2.75, 3.05) is 13.2 Å². The van der Waals surface area contributed by atoms with Crippen LogP contribution in [0.15, 0.2) is 36.7 Å². The van der Waals surface area contributed by atoms with Crippen LogP contribution >= 0.6 is 0 Å². The highest BCUT2D eigenvalue weighted by molar-refractivity contribution is 5.81. The smallest absolute Gasteiger partial charge is 0.267 e. The molecule has 1 aromatic carbocycles. The fourth-order valence-corrected chi connectivity index (χ4v) is 2.53. The highest BCUT2D eigenvalue weighted by Crippen LogP contribution is 2.31. The van der Waals surface area contributed by atoms with Gasteiger partial charge in [-0.15, -0.1) is 0 Å². The molecule has 1 aromatic heterocycles. The van der Waals surface area contributed by atoms with Gasteiger partial charge in [0.05, 0.1) is 6.54 Å². The van der Waals surface area contributed by atoms with Crippen molar-refractivity contribution in [1.82, 2.24) is 14.9 Å². The van der Waals surface area contributed by atoms with Gasteiger partial charge in [0.15, 0.2) is 11.5 Å². The number of ether oxygens (including phenoxy) is 2. The van der Waals surface area contributed by atoms with Gasteiger partial charge in [0, 0.05) is 18.9 Å². The van der Waals surface area contributed by atoms with E-state index in [-0.39, 0.29) is 12.5 Å². The molecule has 122 valence electrons. The number of unbranched alkanes of at least 4 members (excludes halogenated alkanes) is 1. The topological polar surface area (TPSA) is 67.5 Å². The Morgan fingerprint density at radius 2 is 2.22 bits per heavy atom. The molecule has 0 bridgehead atoms. The largest absolute Gasteiger partial charge is 0.485 e. The van der Waals surface area contributed by atoms with Crippen LogP contribution in [0.25, 0.3) is 0 Å². The molecule has 0 spiro atoms. The van der Waals surface area contributed by atoms with Gasteiger partial charge in [-0.3, -0.25) is 4.79 Å². The van der Waals surface area contributed by atoms with Crippen molar-refractivity contribution in [3.8, 4) is 11.5 Å². The van der Waals surface area contributed by atoms with Crippen molar-refractivity contribution in [2.24, 2.45) is 0 Å². The van der Waals surface area contributed by atoms with Gasteiger partial charge in [-0.25, -0.2) is 4.98 Å². The third-order valence-electron chi connectivity index (χ3n) is 3.77. The van der Waals surface area contributed by atoms with E-state index >= 15 is 0 Å². The maximum Gasteiger partial charge on any atom is 0.267 e. The van der Waals surface area contributed by atoms with Gasteiger partial charge in [-0.2, -0.15) is 0 Å². The van der Waals surface area contributed by atoms with Crippen LogP contribution in [0.4, 0.5) is 0 Å². The molecule has 2 heterocycles. The van der Waals surface area contributed by atoms with Crippen molar-refractivity contribution >= 4 is 5.91 Å². The van der Waals surface area contributed by atoms with Gasteiger partial charge in [0.25, 0.3) is 5.91 Å². The highest BCUT2D eigenvalue weighted by atomic mass is 16.6. The molecule has 1 aliphatic rings. The Bertz CT molecular complexity index is 642. The second-order valence-electron chi connectivity index (χ2n) is 5.51. The number of imidazole rings is 1. The molecule has 1 N–H and O–H groups in total. The first-order valence-electron chi connectivity index (χ1n) is 7.93. The average Bonchev–Trinajstić information content (AvgIpc) is 3.10. The normalized spacial score (nSPS) is 16.1. The lowest BCUT2D eigenvalue weighted by atomic mass is 10.2. The minimum atomic E-state index is -0.614. The molecule has 1 amide bonds. The van der Waals surface area contributed by atoms with Gasteiger partial charge in [0.1, 0.15) is 12.4 Å². The van der Waals surface area contributed by atoms with Crippen LogP contribution in [0.5, 0.6) is 11.5 Å². The monoisotopic (exact) mass is 315 g/mol. The number of nitrogens with zero attached hydrogens (tertiary/aromatic N) is 2. The van der Waals surface area contributed by atoms with Gasteiger partial charge >= 0.3 is 0 Å². The molecule has 1 atom stereocenters. The Hall–Kier alpha value is -2.50. The Balaban J connectivity index is 1.70. The molecule has 0 saturated heterocycles. The second kappa shape index (κ2) is 7.17. The van der Waals surface area contributed by atoms with Crippen LogP contribution in [0.2, 0.25) is 0 Å². The number of H-pyrrole nitrogens is 1. The number of para-hydroxylation sites is 2. The Kier molecular flexibility index (Phi) is 4.80. The van der Waals surface area contributed by atoms with Crippen LogP contribution < -0.4 is 9.47 Å². The van der Waals surface area contributed by atoms with E-state index in [2.05, 4.69) is 16.9 Å². The summed E-state index contributed by atoms with van der Waals surface area (Å²) >= 11 is 0. The van der Waals surface area contributed by atoms with E-state index in [0.29, 0.717) is 24.6 Å². The predicted octanol–water partition coefficient (Wildman–Crippen LogP) is 2.38. The third-order valence-corrected chi connectivity index (χ3v) is 3.77. The highest BCUT2D eigenvalue weighted by Gasteiger charge is 2.31. The van der Waals surface area contributed by atoms with E-state index in [0.717, 1.165) is 18.7 Å². The van der Waals surface area contributed by atoms with Crippen LogP contribution in [0.3, 0.4) is 0 Å². The minimum Gasteiger partial charge on any atom is -0.485 e. The molecule has 0 saturated carbocycles. The quantitative estimate of drug-likeness (QED) is 0.889. The fourth-order valence-electron chi connectivity index (χ4n) is 2.53. The molecule has 0 radical (unpaired) electrons. The number of aromatic amines is 1. The molecular weight excluding hydrogens is 294 g/mol. The second-order valence-corrected chi connectivity index (χ2v) is 5.51. The third kappa shape index (κ3) is 3.64. The predicted molar refractivity (Wildman–Crippen MR) is 85.3 cm³/mol. The lowest BCUT2D eigenvalue weighted by Gasteiger charge is -2.30. The van der Waals surface area contributed by atoms with Gasteiger partial charge in [0.2, 0.25) is 6.10 Å². The molecule has 2 aromatic rings.